The van der Waals surface area contributed by atoms with Crippen molar-refractivity contribution in [1.82, 2.24) is 4.90 Å². The number of hydrogen-bond donors (Lipinski definition) is 0. The van der Waals surface area contributed by atoms with Gasteiger partial charge in [0.1, 0.15) is 5.60 Å². The predicted molar refractivity (Wildman–Crippen MR) is 66.7 cm³/mol. The van der Waals surface area contributed by atoms with Gasteiger partial charge in [-0.25, -0.2) is 4.79 Å². The molecule has 1 aliphatic carbocycles. The Labute approximate surface area is 106 Å². The van der Waals surface area contributed by atoms with Crippen LogP contribution in [0, 0.1) is 11.8 Å². The molecule has 0 N–H and O–H groups in total. The first-order valence-electron chi connectivity index (χ1n) is 5.97. The van der Waals surface area contributed by atoms with Gasteiger partial charge in [0, 0.05) is 17.9 Å². The van der Waals surface area contributed by atoms with E-state index in [1.165, 1.54) is 12.8 Å². The normalized spacial score (nSPS) is 34.0. The van der Waals surface area contributed by atoms with Crippen molar-refractivity contribution in [2.45, 2.75) is 44.0 Å². The standard InChI is InChI=1S/C12H20BrNO2/c1-12(2,3)16-11(15)14-6-8-4-10(13)5-9(8)7-14/h8-10H,4-7H2,1-3H3/t8-,9+,10+. The number of amides is 1. The minimum Gasteiger partial charge on any atom is -0.444 e. The van der Waals surface area contributed by atoms with Crippen LogP contribution in [0.5, 0.6) is 0 Å². The molecular formula is C12H20BrNO2. The van der Waals surface area contributed by atoms with Gasteiger partial charge >= 0.3 is 6.09 Å². The van der Waals surface area contributed by atoms with Gasteiger partial charge in [-0.2, -0.15) is 0 Å². The summed E-state index contributed by atoms with van der Waals surface area (Å²) < 4.78 is 5.39. The van der Waals surface area contributed by atoms with Crippen LogP contribution in [0.3, 0.4) is 0 Å². The Balaban J connectivity index is 1.88. The van der Waals surface area contributed by atoms with Crippen LogP contribution in [-0.2, 0) is 4.74 Å². The number of alkyl halides is 1. The maximum Gasteiger partial charge on any atom is 0.410 e. The Morgan fingerprint density at radius 1 is 1.25 bits per heavy atom. The summed E-state index contributed by atoms with van der Waals surface area (Å²) in [6, 6.07) is 0. The van der Waals surface area contributed by atoms with Crippen LogP contribution in [0.2, 0.25) is 0 Å². The van der Waals surface area contributed by atoms with E-state index in [4.69, 9.17) is 4.74 Å². The molecule has 0 spiro atoms. The van der Waals surface area contributed by atoms with Crippen molar-refractivity contribution in [3.05, 3.63) is 0 Å². The topological polar surface area (TPSA) is 29.5 Å². The molecule has 2 aliphatic rings. The maximum absolute atomic E-state index is 11.9. The van der Waals surface area contributed by atoms with Gasteiger partial charge in [-0.05, 0) is 45.4 Å². The number of halogens is 1. The number of ether oxygens (including phenoxy) is 1. The van der Waals surface area contributed by atoms with E-state index in [1.54, 1.807) is 0 Å². The van der Waals surface area contributed by atoms with E-state index in [-0.39, 0.29) is 11.7 Å². The second-order valence-corrected chi connectivity index (χ2v) is 7.27. The van der Waals surface area contributed by atoms with Crippen LogP contribution >= 0.6 is 15.9 Å². The Morgan fingerprint density at radius 3 is 2.19 bits per heavy atom. The summed E-state index contributed by atoms with van der Waals surface area (Å²) in [7, 11) is 0. The highest BCUT2D eigenvalue weighted by Gasteiger charge is 2.42. The first kappa shape index (κ1) is 12.2. The van der Waals surface area contributed by atoms with Crippen LogP contribution in [0.1, 0.15) is 33.6 Å². The lowest BCUT2D eigenvalue weighted by atomic mass is 10.0. The molecule has 1 heterocycles. The molecule has 1 amide bonds. The molecule has 0 bridgehead atoms. The van der Waals surface area contributed by atoms with Gasteiger partial charge in [0.2, 0.25) is 0 Å². The SMILES string of the molecule is CC(C)(C)OC(=O)N1C[C@H]2C[C@H](Br)C[C@H]2C1. The highest BCUT2D eigenvalue weighted by atomic mass is 79.9. The molecule has 0 radical (unpaired) electrons. The summed E-state index contributed by atoms with van der Waals surface area (Å²) in [5, 5.41) is 0. The third kappa shape index (κ3) is 2.70. The summed E-state index contributed by atoms with van der Waals surface area (Å²) >= 11 is 3.66. The molecule has 2 fully saturated rings. The second kappa shape index (κ2) is 4.21. The monoisotopic (exact) mass is 289 g/mol. The number of fused-ring (bicyclic) bond motifs is 1. The van der Waals surface area contributed by atoms with E-state index in [2.05, 4.69) is 15.9 Å². The summed E-state index contributed by atoms with van der Waals surface area (Å²) in [5.41, 5.74) is -0.382. The van der Waals surface area contributed by atoms with Gasteiger partial charge in [-0.3, -0.25) is 0 Å². The van der Waals surface area contributed by atoms with Crippen molar-refractivity contribution in [2.24, 2.45) is 11.8 Å². The third-order valence-electron chi connectivity index (χ3n) is 3.35. The molecule has 92 valence electrons. The zero-order valence-corrected chi connectivity index (χ0v) is 11.8. The predicted octanol–water partition coefficient (Wildman–Crippen LogP) is 3.03. The fraction of sp³-hybridized carbons (Fsp3) is 0.917. The minimum atomic E-state index is -0.382. The lowest BCUT2D eigenvalue weighted by Crippen LogP contribution is -2.36. The number of nitrogens with zero attached hydrogens (tertiary/aromatic N) is 1. The van der Waals surface area contributed by atoms with Crippen molar-refractivity contribution in [3.8, 4) is 0 Å². The highest BCUT2D eigenvalue weighted by Crippen LogP contribution is 2.41. The average Bonchev–Trinajstić information content (AvgIpc) is 2.56. The number of carbonyl (C=O) groups excluding carboxylic acids is 1. The zero-order chi connectivity index (χ0) is 11.9. The Kier molecular flexibility index (Phi) is 3.21. The first-order chi connectivity index (χ1) is 7.35. The second-order valence-electron chi connectivity index (χ2n) is 5.97. The number of hydrogen-bond acceptors (Lipinski definition) is 2. The van der Waals surface area contributed by atoms with Crippen LogP contribution in [0.4, 0.5) is 4.79 Å². The van der Waals surface area contributed by atoms with Crippen LogP contribution < -0.4 is 0 Å². The van der Waals surface area contributed by atoms with Crippen LogP contribution in [0.15, 0.2) is 0 Å². The molecule has 16 heavy (non-hydrogen) atoms. The first-order valence-corrected chi connectivity index (χ1v) is 6.89. The van der Waals surface area contributed by atoms with E-state index in [9.17, 15) is 4.79 Å². The van der Waals surface area contributed by atoms with Crippen LogP contribution in [0.25, 0.3) is 0 Å². The molecule has 0 aromatic rings. The largest absolute Gasteiger partial charge is 0.444 e. The van der Waals surface area contributed by atoms with E-state index in [0.29, 0.717) is 16.7 Å². The lowest BCUT2D eigenvalue weighted by molar-refractivity contribution is 0.0281. The van der Waals surface area contributed by atoms with E-state index in [1.807, 2.05) is 25.7 Å². The molecular weight excluding hydrogens is 270 g/mol. The van der Waals surface area contributed by atoms with Gasteiger partial charge in [-0.1, -0.05) is 15.9 Å². The number of carbonyl (C=O) groups is 1. The molecule has 1 aliphatic heterocycles. The van der Waals surface area contributed by atoms with E-state index >= 15 is 0 Å². The fourth-order valence-electron chi connectivity index (χ4n) is 2.70. The van der Waals surface area contributed by atoms with Gasteiger partial charge in [0.25, 0.3) is 0 Å². The summed E-state index contributed by atoms with van der Waals surface area (Å²) in [5.74, 6) is 1.36. The molecule has 1 saturated carbocycles. The minimum absolute atomic E-state index is 0.145. The van der Waals surface area contributed by atoms with Gasteiger partial charge in [0.05, 0.1) is 0 Å². The Hall–Kier alpha value is -0.250. The number of rotatable bonds is 0. The average molecular weight is 290 g/mol. The maximum atomic E-state index is 11.9. The van der Waals surface area contributed by atoms with Crippen molar-refractivity contribution in [2.75, 3.05) is 13.1 Å². The summed E-state index contributed by atoms with van der Waals surface area (Å²) in [4.78, 5) is 14.4. The number of likely N-dealkylation sites (tertiary alicyclic amines) is 1. The highest BCUT2D eigenvalue weighted by molar-refractivity contribution is 9.09. The Morgan fingerprint density at radius 2 is 1.75 bits per heavy atom. The van der Waals surface area contributed by atoms with E-state index in [0.717, 1.165) is 13.1 Å². The van der Waals surface area contributed by atoms with E-state index < -0.39 is 0 Å². The third-order valence-corrected chi connectivity index (χ3v) is 4.09. The molecule has 3 nitrogen and oxygen atoms in total. The van der Waals surface area contributed by atoms with Gasteiger partial charge in [0.15, 0.2) is 0 Å². The molecule has 4 heteroatoms. The quantitative estimate of drug-likeness (QED) is 0.642. The molecule has 1 saturated heterocycles. The van der Waals surface area contributed by atoms with Crippen molar-refractivity contribution < 1.29 is 9.53 Å². The molecule has 2 rings (SSSR count). The Bertz CT molecular complexity index is 273. The van der Waals surface area contributed by atoms with Crippen LogP contribution in [-0.4, -0.2) is 34.5 Å². The van der Waals surface area contributed by atoms with Crippen molar-refractivity contribution in [1.29, 1.82) is 0 Å². The molecule has 0 aromatic carbocycles. The molecule has 0 aromatic heterocycles. The molecule has 3 atom stereocenters. The van der Waals surface area contributed by atoms with Gasteiger partial charge < -0.3 is 9.64 Å². The van der Waals surface area contributed by atoms with Crippen molar-refractivity contribution in [3.63, 3.8) is 0 Å². The lowest BCUT2D eigenvalue weighted by Gasteiger charge is -2.25. The summed E-state index contributed by atoms with van der Waals surface area (Å²) in [6.07, 6.45) is 2.25. The van der Waals surface area contributed by atoms with Gasteiger partial charge in [-0.15, -0.1) is 0 Å². The summed E-state index contributed by atoms with van der Waals surface area (Å²) in [6.45, 7) is 7.49. The van der Waals surface area contributed by atoms with Crippen molar-refractivity contribution >= 4 is 22.0 Å². The molecule has 0 unspecified atom stereocenters. The fourth-order valence-corrected chi connectivity index (χ4v) is 3.66. The zero-order valence-electron chi connectivity index (χ0n) is 10.2. The smallest absolute Gasteiger partial charge is 0.410 e.